The van der Waals surface area contributed by atoms with Gasteiger partial charge >= 0.3 is 0 Å². The minimum absolute atomic E-state index is 0.883. The summed E-state index contributed by atoms with van der Waals surface area (Å²) in [6.07, 6.45) is 2.08. The van der Waals surface area contributed by atoms with Crippen LogP contribution in [-0.2, 0) is 20.1 Å². The van der Waals surface area contributed by atoms with Gasteiger partial charge in [-0.2, -0.15) is 5.10 Å². The molecule has 0 aliphatic carbocycles. The second kappa shape index (κ2) is 5.02. The molecule has 0 radical (unpaired) electrons. The highest BCUT2D eigenvalue weighted by molar-refractivity contribution is 7.12. The van der Waals surface area contributed by atoms with Gasteiger partial charge in [-0.3, -0.25) is 4.68 Å². The van der Waals surface area contributed by atoms with E-state index in [-0.39, 0.29) is 0 Å². The first-order valence-electron chi connectivity index (χ1n) is 5.82. The number of nitrogens with zero attached hydrogens (tertiary/aromatic N) is 2. The Labute approximate surface area is 106 Å². The van der Waals surface area contributed by atoms with Gasteiger partial charge in [0.2, 0.25) is 0 Å². The van der Waals surface area contributed by atoms with E-state index in [4.69, 9.17) is 0 Å². The first kappa shape index (κ1) is 12.3. The highest BCUT2D eigenvalue weighted by atomic mass is 32.1. The average Bonchev–Trinajstić information content (AvgIpc) is 2.71. The smallest absolute Gasteiger partial charge is 0.0638 e. The van der Waals surface area contributed by atoms with Gasteiger partial charge in [0, 0.05) is 41.7 Å². The van der Waals surface area contributed by atoms with Gasteiger partial charge in [0.25, 0.3) is 0 Å². The molecule has 4 heteroatoms. The van der Waals surface area contributed by atoms with Crippen LogP contribution in [0.5, 0.6) is 0 Å². The third-order valence-corrected chi connectivity index (χ3v) is 3.90. The van der Waals surface area contributed by atoms with Crippen molar-refractivity contribution < 1.29 is 0 Å². The van der Waals surface area contributed by atoms with E-state index >= 15 is 0 Å². The van der Waals surface area contributed by atoms with Gasteiger partial charge in [-0.15, -0.1) is 11.3 Å². The van der Waals surface area contributed by atoms with Crippen molar-refractivity contribution in [2.45, 2.75) is 33.9 Å². The zero-order chi connectivity index (χ0) is 12.4. The fourth-order valence-corrected chi connectivity index (χ4v) is 2.96. The Morgan fingerprint density at radius 2 is 1.94 bits per heavy atom. The zero-order valence-electron chi connectivity index (χ0n) is 10.9. The van der Waals surface area contributed by atoms with Crippen LogP contribution < -0.4 is 5.32 Å². The lowest BCUT2D eigenvalue weighted by atomic mass is 10.2. The molecule has 17 heavy (non-hydrogen) atoms. The molecule has 0 spiro atoms. The van der Waals surface area contributed by atoms with Gasteiger partial charge in [-0.05, 0) is 32.4 Å². The number of hydrogen-bond donors (Lipinski definition) is 1. The maximum atomic E-state index is 4.34. The SMILES string of the molecule is Cc1cc(CNCc2cn(C)nc2C)c(C)s1. The normalized spacial score (nSPS) is 11.1. The maximum absolute atomic E-state index is 4.34. The van der Waals surface area contributed by atoms with Gasteiger partial charge in [0.05, 0.1) is 5.69 Å². The molecule has 2 rings (SSSR count). The molecule has 92 valence electrons. The predicted molar refractivity (Wildman–Crippen MR) is 72.3 cm³/mol. The van der Waals surface area contributed by atoms with E-state index in [0.717, 1.165) is 18.8 Å². The Kier molecular flexibility index (Phi) is 3.64. The van der Waals surface area contributed by atoms with E-state index in [9.17, 15) is 0 Å². The van der Waals surface area contributed by atoms with Crippen molar-refractivity contribution >= 4 is 11.3 Å². The fraction of sp³-hybridized carbons (Fsp3) is 0.462. The molecule has 0 amide bonds. The molecule has 0 aliphatic heterocycles. The second-order valence-electron chi connectivity index (χ2n) is 4.46. The zero-order valence-corrected chi connectivity index (χ0v) is 11.7. The Morgan fingerprint density at radius 1 is 1.24 bits per heavy atom. The number of nitrogens with one attached hydrogen (secondary N) is 1. The summed E-state index contributed by atoms with van der Waals surface area (Å²) >= 11 is 1.87. The Balaban J connectivity index is 1.92. The highest BCUT2D eigenvalue weighted by Crippen LogP contribution is 2.20. The van der Waals surface area contributed by atoms with E-state index in [1.807, 2.05) is 23.1 Å². The van der Waals surface area contributed by atoms with Crippen molar-refractivity contribution in [1.82, 2.24) is 15.1 Å². The van der Waals surface area contributed by atoms with Gasteiger partial charge < -0.3 is 5.32 Å². The molecule has 2 aromatic heterocycles. The third kappa shape index (κ3) is 2.96. The van der Waals surface area contributed by atoms with Crippen molar-refractivity contribution in [2.24, 2.45) is 7.05 Å². The lowest BCUT2D eigenvalue weighted by molar-refractivity contribution is 0.689. The van der Waals surface area contributed by atoms with Crippen LogP contribution >= 0.6 is 11.3 Å². The van der Waals surface area contributed by atoms with E-state index in [2.05, 4.69) is 43.4 Å². The van der Waals surface area contributed by atoms with Crippen LogP contribution in [0.15, 0.2) is 12.3 Å². The van der Waals surface area contributed by atoms with Gasteiger partial charge in [-0.25, -0.2) is 0 Å². The topological polar surface area (TPSA) is 29.9 Å². The van der Waals surface area contributed by atoms with Crippen LogP contribution in [0.3, 0.4) is 0 Å². The molecule has 2 aromatic rings. The summed E-state index contributed by atoms with van der Waals surface area (Å²) in [5.74, 6) is 0. The lowest BCUT2D eigenvalue weighted by Crippen LogP contribution is -2.13. The number of hydrogen-bond acceptors (Lipinski definition) is 3. The summed E-state index contributed by atoms with van der Waals surface area (Å²) in [7, 11) is 1.96. The molecule has 2 heterocycles. The molecule has 0 fully saturated rings. The maximum Gasteiger partial charge on any atom is 0.0638 e. The predicted octanol–water partition coefficient (Wildman–Crippen LogP) is 2.70. The Morgan fingerprint density at radius 3 is 2.47 bits per heavy atom. The van der Waals surface area contributed by atoms with E-state index in [0.29, 0.717) is 0 Å². The number of aromatic nitrogens is 2. The van der Waals surface area contributed by atoms with Crippen LogP contribution in [0.4, 0.5) is 0 Å². The summed E-state index contributed by atoms with van der Waals surface area (Å²) in [5.41, 5.74) is 3.80. The molecule has 0 atom stereocenters. The Hall–Kier alpha value is -1.13. The van der Waals surface area contributed by atoms with Crippen molar-refractivity contribution in [3.8, 4) is 0 Å². The fourth-order valence-electron chi connectivity index (χ4n) is 2.01. The molecule has 0 unspecified atom stereocenters. The largest absolute Gasteiger partial charge is 0.308 e. The van der Waals surface area contributed by atoms with Crippen LogP contribution in [0, 0.1) is 20.8 Å². The van der Waals surface area contributed by atoms with Crippen molar-refractivity contribution in [1.29, 1.82) is 0 Å². The number of thiophene rings is 1. The van der Waals surface area contributed by atoms with E-state index in [1.54, 1.807) is 0 Å². The first-order chi connectivity index (χ1) is 8.06. The molecule has 0 saturated heterocycles. The summed E-state index contributed by atoms with van der Waals surface area (Å²) in [6, 6.07) is 2.27. The summed E-state index contributed by atoms with van der Waals surface area (Å²) in [5, 5.41) is 7.82. The van der Waals surface area contributed by atoms with Gasteiger partial charge in [0.1, 0.15) is 0 Å². The van der Waals surface area contributed by atoms with Gasteiger partial charge in [0.15, 0.2) is 0 Å². The van der Waals surface area contributed by atoms with Crippen molar-refractivity contribution in [3.63, 3.8) is 0 Å². The number of aryl methyl sites for hydroxylation is 4. The van der Waals surface area contributed by atoms with E-state index < -0.39 is 0 Å². The van der Waals surface area contributed by atoms with Crippen LogP contribution in [-0.4, -0.2) is 9.78 Å². The minimum Gasteiger partial charge on any atom is -0.308 e. The number of rotatable bonds is 4. The molecule has 0 saturated carbocycles. The highest BCUT2D eigenvalue weighted by Gasteiger charge is 2.04. The minimum atomic E-state index is 0.883. The standard InChI is InChI=1S/C13H19N3S/c1-9-5-12(11(3)17-9)6-14-7-13-8-16(4)15-10(13)2/h5,8,14H,6-7H2,1-4H3. The first-order valence-corrected chi connectivity index (χ1v) is 6.63. The molecule has 0 aliphatic rings. The molecule has 3 nitrogen and oxygen atoms in total. The molecule has 0 bridgehead atoms. The van der Waals surface area contributed by atoms with Crippen LogP contribution in [0.25, 0.3) is 0 Å². The summed E-state index contributed by atoms with van der Waals surface area (Å²) < 4.78 is 1.87. The Bertz CT molecular complexity index is 464. The molecular formula is C13H19N3S. The monoisotopic (exact) mass is 249 g/mol. The molecule has 0 aromatic carbocycles. The third-order valence-electron chi connectivity index (χ3n) is 2.89. The second-order valence-corrected chi connectivity index (χ2v) is 5.92. The van der Waals surface area contributed by atoms with Crippen molar-refractivity contribution in [3.05, 3.63) is 38.8 Å². The van der Waals surface area contributed by atoms with Crippen LogP contribution in [0.2, 0.25) is 0 Å². The molecule has 1 N–H and O–H groups in total. The average molecular weight is 249 g/mol. The molecular weight excluding hydrogens is 230 g/mol. The van der Waals surface area contributed by atoms with Crippen LogP contribution in [0.1, 0.15) is 26.6 Å². The summed E-state index contributed by atoms with van der Waals surface area (Å²) in [6.45, 7) is 8.21. The quantitative estimate of drug-likeness (QED) is 0.903. The van der Waals surface area contributed by atoms with Crippen molar-refractivity contribution in [2.75, 3.05) is 0 Å². The van der Waals surface area contributed by atoms with E-state index in [1.165, 1.54) is 20.9 Å². The van der Waals surface area contributed by atoms with Gasteiger partial charge in [-0.1, -0.05) is 0 Å². The lowest BCUT2D eigenvalue weighted by Gasteiger charge is -2.03. The summed E-state index contributed by atoms with van der Waals surface area (Å²) in [4.78, 5) is 2.80.